The lowest BCUT2D eigenvalue weighted by Crippen LogP contribution is -2.24. The predicted octanol–water partition coefficient (Wildman–Crippen LogP) is 2.42. The van der Waals surface area contributed by atoms with Gasteiger partial charge in [0.25, 0.3) is 11.6 Å². The van der Waals surface area contributed by atoms with Crippen molar-refractivity contribution in [1.82, 2.24) is 15.1 Å². The van der Waals surface area contributed by atoms with E-state index < -0.39 is 4.92 Å². The Bertz CT molecular complexity index is 711. The largest absolute Gasteiger partial charge is 0.346 e. The molecule has 1 amide bonds. The Morgan fingerprint density at radius 2 is 2.14 bits per heavy atom. The maximum Gasteiger partial charge on any atom is 0.294 e. The van der Waals surface area contributed by atoms with E-state index >= 15 is 0 Å². The van der Waals surface area contributed by atoms with Crippen molar-refractivity contribution < 1.29 is 9.72 Å². The molecule has 0 fully saturated rings. The molecule has 7 nitrogen and oxygen atoms in total. The van der Waals surface area contributed by atoms with Gasteiger partial charge >= 0.3 is 0 Å². The van der Waals surface area contributed by atoms with Gasteiger partial charge in [0.15, 0.2) is 5.69 Å². The number of hydrogen-bond donors (Lipinski definition) is 1. The number of rotatable bonds is 5. The minimum atomic E-state index is -0.494. The molecule has 0 saturated heterocycles. The van der Waals surface area contributed by atoms with Crippen molar-refractivity contribution in [3.05, 3.63) is 63.4 Å². The third-order valence-electron chi connectivity index (χ3n) is 2.59. The first-order valence-electron chi connectivity index (χ1n) is 5.90. The average Bonchev–Trinajstić information content (AvgIpc) is 2.94. The first-order chi connectivity index (χ1) is 9.99. The van der Waals surface area contributed by atoms with Gasteiger partial charge in [-0.15, -0.1) is 0 Å². The van der Waals surface area contributed by atoms with Crippen molar-refractivity contribution in [2.75, 3.05) is 6.54 Å². The Morgan fingerprint density at radius 3 is 2.81 bits per heavy atom. The highest BCUT2D eigenvalue weighted by atomic mass is 79.9. The van der Waals surface area contributed by atoms with Gasteiger partial charge < -0.3 is 5.32 Å². The number of amides is 1. The molecule has 0 aliphatic rings. The number of nitro benzene ring substituents is 1. The average molecular weight is 351 g/mol. The van der Waals surface area contributed by atoms with Gasteiger partial charge in [-0.2, -0.15) is 5.10 Å². The van der Waals surface area contributed by atoms with Gasteiger partial charge in [-0.1, -0.05) is 34.6 Å². The second kappa shape index (κ2) is 6.31. The fraction of sp³-hybridized carbons (Fsp3) is 0.0769. The van der Waals surface area contributed by atoms with Crippen LogP contribution in [0, 0.1) is 10.1 Å². The second-order valence-electron chi connectivity index (χ2n) is 4.09. The third kappa shape index (κ3) is 3.54. The number of benzene rings is 1. The van der Waals surface area contributed by atoms with Gasteiger partial charge in [-0.25, -0.2) is 4.68 Å². The van der Waals surface area contributed by atoms with Gasteiger partial charge in [0, 0.05) is 23.3 Å². The Hall–Kier alpha value is -2.48. The van der Waals surface area contributed by atoms with Crippen LogP contribution in [-0.4, -0.2) is 27.2 Å². The quantitative estimate of drug-likeness (QED) is 0.662. The minimum Gasteiger partial charge on any atom is -0.346 e. The third-order valence-corrected chi connectivity index (χ3v) is 2.87. The maximum absolute atomic E-state index is 11.8. The van der Waals surface area contributed by atoms with Crippen LogP contribution in [-0.2, 0) is 0 Å². The number of carbonyl (C=O) groups is 1. The first kappa shape index (κ1) is 14.9. The number of carbonyl (C=O) groups excluding carboxylic acids is 1. The van der Waals surface area contributed by atoms with Crippen LogP contribution in [0.25, 0.3) is 5.69 Å². The summed E-state index contributed by atoms with van der Waals surface area (Å²) in [6, 6.07) is 7.67. The number of nitro groups is 1. The molecular formula is C13H11BrN4O3. The second-order valence-corrected chi connectivity index (χ2v) is 5.21. The van der Waals surface area contributed by atoms with Gasteiger partial charge in [0.1, 0.15) is 5.69 Å². The molecule has 0 radical (unpaired) electrons. The molecule has 2 aromatic rings. The Labute approximate surface area is 128 Å². The molecular weight excluding hydrogens is 340 g/mol. The Kier molecular flexibility index (Phi) is 4.49. The van der Waals surface area contributed by atoms with E-state index in [1.807, 2.05) is 0 Å². The number of halogens is 1. The summed E-state index contributed by atoms with van der Waals surface area (Å²) in [6.45, 7) is 3.88. The molecule has 1 heterocycles. The Balaban J connectivity index is 2.26. The zero-order valence-corrected chi connectivity index (χ0v) is 12.4. The van der Waals surface area contributed by atoms with Crippen molar-refractivity contribution in [1.29, 1.82) is 0 Å². The van der Waals surface area contributed by atoms with Crippen molar-refractivity contribution in [3.8, 4) is 5.69 Å². The van der Waals surface area contributed by atoms with Crippen molar-refractivity contribution >= 4 is 27.5 Å². The molecule has 0 atom stereocenters. The van der Waals surface area contributed by atoms with Crippen LogP contribution in [0.2, 0.25) is 0 Å². The highest BCUT2D eigenvalue weighted by Gasteiger charge is 2.16. The summed E-state index contributed by atoms with van der Waals surface area (Å²) < 4.78 is 1.93. The standard InChI is InChI=1S/C13H11BrN4O3/c1-9(14)8-15-13(19)10-6-7-17(16-10)11-4-2-3-5-12(11)18(20)21/h2-7H,1,8H2,(H,15,19). The minimum absolute atomic E-state index is 0.0820. The number of nitrogens with zero attached hydrogens (tertiary/aromatic N) is 3. The maximum atomic E-state index is 11.8. The van der Waals surface area contributed by atoms with Crippen LogP contribution in [0.3, 0.4) is 0 Å². The lowest BCUT2D eigenvalue weighted by Gasteiger charge is -2.03. The SMILES string of the molecule is C=C(Br)CNC(=O)c1ccn(-c2ccccc2[N+](=O)[O-])n1. The molecule has 0 aliphatic carbocycles. The van der Waals surface area contributed by atoms with Crippen LogP contribution in [0.1, 0.15) is 10.5 Å². The molecule has 0 bridgehead atoms. The van der Waals surface area contributed by atoms with Crippen LogP contribution in [0.4, 0.5) is 5.69 Å². The van der Waals surface area contributed by atoms with E-state index in [4.69, 9.17) is 0 Å². The van der Waals surface area contributed by atoms with Gasteiger partial charge in [0.05, 0.1) is 4.92 Å². The predicted molar refractivity (Wildman–Crippen MR) is 80.6 cm³/mol. The van der Waals surface area contributed by atoms with E-state index in [0.29, 0.717) is 10.2 Å². The molecule has 108 valence electrons. The first-order valence-corrected chi connectivity index (χ1v) is 6.69. The molecule has 0 aliphatic heterocycles. The van der Waals surface area contributed by atoms with Crippen LogP contribution >= 0.6 is 15.9 Å². The highest BCUT2D eigenvalue weighted by molar-refractivity contribution is 9.11. The van der Waals surface area contributed by atoms with Crippen molar-refractivity contribution in [2.24, 2.45) is 0 Å². The van der Waals surface area contributed by atoms with Crippen LogP contribution < -0.4 is 5.32 Å². The fourth-order valence-electron chi connectivity index (χ4n) is 1.66. The van der Waals surface area contributed by atoms with E-state index in [1.54, 1.807) is 18.2 Å². The summed E-state index contributed by atoms with van der Waals surface area (Å²) in [4.78, 5) is 22.3. The fourth-order valence-corrected chi connectivity index (χ4v) is 1.80. The van der Waals surface area contributed by atoms with Crippen molar-refractivity contribution in [2.45, 2.75) is 0 Å². The summed E-state index contributed by atoms with van der Waals surface area (Å²) in [6.07, 6.45) is 1.50. The normalized spacial score (nSPS) is 10.1. The van der Waals surface area contributed by atoms with E-state index in [1.165, 1.54) is 23.0 Å². The smallest absolute Gasteiger partial charge is 0.294 e. The van der Waals surface area contributed by atoms with E-state index in [-0.39, 0.29) is 23.8 Å². The van der Waals surface area contributed by atoms with Crippen LogP contribution in [0.5, 0.6) is 0 Å². The molecule has 1 aromatic carbocycles. The number of hydrogen-bond acceptors (Lipinski definition) is 4. The number of aromatic nitrogens is 2. The van der Waals surface area contributed by atoms with Crippen LogP contribution in [0.15, 0.2) is 47.6 Å². The lowest BCUT2D eigenvalue weighted by atomic mass is 10.3. The summed E-state index contributed by atoms with van der Waals surface area (Å²) in [5.41, 5.74) is 0.384. The Morgan fingerprint density at radius 1 is 1.43 bits per heavy atom. The zero-order chi connectivity index (χ0) is 15.4. The molecule has 0 unspecified atom stereocenters. The van der Waals surface area contributed by atoms with E-state index in [9.17, 15) is 14.9 Å². The molecule has 1 N–H and O–H groups in total. The molecule has 0 saturated carbocycles. The molecule has 8 heteroatoms. The van der Waals surface area contributed by atoms with Gasteiger partial charge in [0.2, 0.25) is 0 Å². The summed E-state index contributed by atoms with van der Waals surface area (Å²) >= 11 is 3.13. The highest BCUT2D eigenvalue weighted by Crippen LogP contribution is 2.21. The van der Waals surface area contributed by atoms with Gasteiger partial charge in [-0.3, -0.25) is 14.9 Å². The van der Waals surface area contributed by atoms with E-state index in [0.717, 1.165) is 0 Å². The van der Waals surface area contributed by atoms with E-state index in [2.05, 4.69) is 32.9 Å². The monoisotopic (exact) mass is 350 g/mol. The van der Waals surface area contributed by atoms with Gasteiger partial charge in [-0.05, 0) is 12.1 Å². The molecule has 2 rings (SSSR count). The number of nitrogens with one attached hydrogen (secondary N) is 1. The number of para-hydroxylation sites is 2. The summed E-state index contributed by atoms with van der Waals surface area (Å²) in [5.74, 6) is -0.382. The van der Waals surface area contributed by atoms with Crippen molar-refractivity contribution in [3.63, 3.8) is 0 Å². The topological polar surface area (TPSA) is 90.1 Å². The summed E-state index contributed by atoms with van der Waals surface area (Å²) in [7, 11) is 0. The molecule has 0 spiro atoms. The zero-order valence-electron chi connectivity index (χ0n) is 10.8. The summed E-state index contributed by atoms with van der Waals surface area (Å²) in [5, 5.41) is 17.6. The molecule has 1 aromatic heterocycles. The lowest BCUT2D eigenvalue weighted by molar-refractivity contribution is -0.384. The molecule has 21 heavy (non-hydrogen) atoms.